The van der Waals surface area contributed by atoms with Gasteiger partial charge in [0, 0.05) is 12.2 Å². The Morgan fingerprint density at radius 1 is 1.28 bits per heavy atom. The monoisotopic (exact) mass is 242 g/mol. The maximum atomic E-state index is 9.25. The first-order valence-electron chi connectivity index (χ1n) is 6.72. The summed E-state index contributed by atoms with van der Waals surface area (Å²) >= 11 is 0. The molecule has 2 heteroatoms. The number of anilines is 1. The molecule has 0 aromatic heterocycles. The van der Waals surface area contributed by atoms with E-state index < -0.39 is 0 Å². The number of hydrogen-bond acceptors (Lipinski definition) is 2. The molecule has 0 atom stereocenters. The number of nitriles is 1. The first kappa shape index (κ1) is 13.0. The van der Waals surface area contributed by atoms with E-state index in [9.17, 15) is 5.26 Å². The van der Waals surface area contributed by atoms with Gasteiger partial charge in [-0.1, -0.05) is 45.4 Å². The minimum absolute atomic E-state index is 0.120. The zero-order chi connectivity index (χ0) is 13.2. The molecule has 96 valence electrons. The number of para-hydroxylation sites is 1. The quantitative estimate of drug-likeness (QED) is 0.866. The fourth-order valence-electron chi connectivity index (χ4n) is 2.49. The Morgan fingerprint density at radius 2 is 1.94 bits per heavy atom. The van der Waals surface area contributed by atoms with E-state index >= 15 is 0 Å². The van der Waals surface area contributed by atoms with Crippen LogP contribution in [0.15, 0.2) is 24.3 Å². The number of nitrogens with zero attached hydrogens (tertiary/aromatic N) is 1. The van der Waals surface area contributed by atoms with Gasteiger partial charge in [-0.3, -0.25) is 0 Å². The summed E-state index contributed by atoms with van der Waals surface area (Å²) in [4.78, 5) is 0. The highest BCUT2D eigenvalue weighted by Gasteiger charge is 2.37. The number of benzene rings is 1. The molecule has 1 aliphatic carbocycles. The highest BCUT2D eigenvalue weighted by atomic mass is 14.9. The summed E-state index contributed by atoms with van der Waals surface area (Å²) in [5.41, 5.74) is 2.50. The Labute approximate surface area is 110 Å². The summed E-state index contributed by atoms with van der Waals surface area (Å²) in [6.07, 6.45) is 3.26. The van der Waals surface area contributed by atoms with Gasteiger partial charge in [0.05, 0.1) is 11.5 Å². The van der Waals surface area contributed by atoms with Crippen LogP contribution in [0.25, 0.3) is 0 Å². The second kappa shape index (κ2) is 4.65. The molecule has 1 fully saturated rings. The normalized spacial score (nSPS) is 17.7. The molecule has 0 unspecified atom stereocenters. The third kappa shape index (κ3) is 2.51. The summed E-state index contributed by atoms with van der Waals surface area (Å²) in [6.45, 7) is 7.43. The van der Waals surface area contributed by atoms with Gasteiger partial charge in [-0.05, 0) is 29.9 Å². The van der Waals surface area contributed by atoms with Gasteiger partial charge < -0.3 is 5.32 Å². The summed E-state index contributed by atoms with van der Waals surface area (Å²) in [6, 6.07) is 10.9. The SMILES string of the molecule is CC(C)(C)c1ccccc1NCC1(C#N)CCC1. The van der Waals surface area contributed by atoms with Crippen molar-refractivity contribution in [3.05, 3.63) is 29.8 Å². The molecule has 1 aliphatic rings. The van der Waals surface area contributed by atoms with Crippen molar-refractivity contribution >= 4 is 5.69 Å². The van der Waals surface area contributed by atoms with Crippen molar-refractivity contribution in [3.8, 4) is 6.07 Å². The van der Waals surface area contributed by atoms with Crippen LogP contribution in [0.4, 0.5) is 5.69 Å². The molecular formula is C16H22N2. The van der Waals surface area contributed by atoms with E-state index in [4.69, 9.17) is 0 Å². The van der Waals surface area contributed by atoms with E-state index in [0.29, 0.717) is 0 Å². The van der Waals surface area contributed by atoms with Crippen molar-refractivity contribution < 1.29 is 0 Å². The second-order valence-corrected chi connectivity index (χ2v) is 6.39. The molecular weight excluding hydrogens is 220 g/mol. The Kier molecular flexibility index (Phi) is 3.34. The molecule has 0 amide bonds. The van der Waals surface area contributed by atoms with Crippen molar-refractivity contribution in [1.82, 2.24) is 0 Å². The first-order chi connectivity index (χ1) is 8.47. The summed E-state index contributed by atoms with van der Waals surface area (Å²) in [5, 5.41) is 12.7. The van der Waals surface area contributed by atoms with E-state index in [0.717, 1.165) is 19.4 Å². The molecule has 2 rings (SSSR count). The lowest BCUT2D eigenvalue weighted by Gasteiger charge is -2.36. The molecule has 0 heterocycles. The van der Waals surface area contributed by atoms with E-state index in [1.165, 1.54) is 17.7 Å². The van der Waals surface area contributed by atoms with Gasteiger partial charge in [0.25, 0.3) is 0 Å². The van der Waals surface area contributed by atoms with Gasteiger partial charge in [0.2, 0.25) is 0 Å². The van der Waals surface area contributed by atoms with Crippen LogP contribution in [0.1, 0.15) is 45.6 Å². The molecule has 18 heavy (non-hydrogen) atoms. The van der Waals surface area contributed by atoms with Gasteiger partial charge >= 0.3 is 0 Å². The van der Waals surface area contributed by atoms with Crippen LogP contribution in [0.5, 0.6) is 0 Å². The Balaban J connectivity index is 2.13. The molecule has 0 aliphatic heterocycles. The highest BCUT2D eigenvalue weighted by Crippen LogP contribution is 2.40. The van der Waals surface area contributed by atoms with Crippen LogP contribution >= 0.6 is 0 Å². The van der Waals surface area contributed by atoms with E-state index in [2.05, 4.69) is 56.4 Å². The average Bonchev–Trinajstić information content (AvgIpc) is 2.27. The molecule has 1 N–H and O–H groups in total. The molecule has 2 nitrogen and oxygen atoms in total. The van der Waals surface area contributed by atoms with Gasteiger partial charge in [-0.25, -0.2) is 0 Å². The molecule has 1 saturated carbocycles. The van der Waals surface area contributed by atoms with E-state index in [1.54, 1.807) is 0 Å². The van der Waals surface area contributed by atoms with Gasteiger partial charge in [-0.2, -0.15) is 5.26 Å². The highest BCUT2D eigenvalue weighted by molar-refractivity contribution is 5.54. The largest absolute Gasteiger partial charge is 0.383 e. The predicted octanol–water partition coefficient (Wildman–Crippen LogP) is 4.09. The molecule has 0 spiro atoms. The maximum Gasteiger partial charge on any atom is 0.0746 e. The number of rotatable bonds is 3. The van der Waals surface area contributed by atoms with Gasteiger partial charge in [0.1, 0.15) is 0 Å². The lowest BCUT2D eigenvalue weighted by molar-refractivity contribution is 0.233. The van der Waals surface area contributed by atoms with Crippen molar-refractivity contribution in [2.45, 2.75) is 45.4 Å². The summed E-state index contributed by atoms with van der Waals surface area (Å²) < 4.78 is 0. The fourth-order valence-corrected chi connectivity index (χ4v) is 2.49. The third-order valence-electron chi connectivity index (χ3n) is 3.90. The average molecular weight is 242 g/mol. The minimum atomic E-state index is -0.120. The first-order valence-corrected chi connectivity index (χ1v) is 6.72. The standard InChI is InChI=1S/C16H22N2/c1-15(2,3)13-7-4-5-8-14(13)18-12-16(11-17)9-6-10-16/h4-5,7-8,18H,6,9-10,12H2,1-3H3. The maximum absolute atomic E-state index is 9.25. The second-order valence-electron chi connectivity index (χ2n) is 6.39. The Hall–Kier alpha value is -1.49. The van der Waals surface area contributed by atoms with Crippen LogP contribution in [0.3, 0.4) is 0 Å². The van der Waals surface area contributed by atoms with E-state index in [-0.39, 0.29) is 10.8 Å². The molecule has 0 radical (unpaired) electrons. The zero-order valence-corrected chi connectivity index (χ0v) is 11.6. The number of hydrogen-bond donors (Lipinski definition) is 1. The van der Waals surface area contributed by atoms with Crippen LogP contribution in [0, 0.1) is 16.7 Å². The molecule has 1 aromatic rings. The van der Waals surface area contributed by atoms with Crippen molar-refractivity contribution in [2.24, 2.45) is 5.41 Å². The summed E-state index contributed by atoms with van der Waals surface area (Å²) in [5.74, 6) is 0. The summed E-state index contributed by atoms with van der Waals surface area (Å²) in [7, 11) is 0. The Bertz CT molecular complexity index is 459. The number of nitrogens with one attached hydrogen (secondary N) is 1. The van der Waals surface area contributed by atoms with Crippen LogP contribution in [-0.4, -0.2) is 6.54 Å². The topological polar surface area (TPSA) is 35.8 Å². The molecule has 0 saturated heterocycles. The van der Waals surface area contributed by atoms with E-state index in [1.807, 2.05) is 0 Å². The van der Waals surface area contributed by atoms with Gasteiger partial charge in [-0.15, -0.1) is 0 Å². The smallest absolute Gasteiger partial charge is 0.0746 e. The lowest BCUT2D eigenvalue weighted by atomic mass is 9.70. The minimum Gasteiger partial charge on any atom is -0.383 e. The van der Waals surface area contributed by atoms with Crippen molar-refractivity contribution in [3.63, 3.8) is 0 Å². The molecule has 1 aromatic carbocycles. The predicted molar refractivity (Wildman–Crippen MR) is 75.5 cm³/mol. The van der Waals surface area contributed by atoms with Crippen LogP contribution in [0.2, 0.25) is 0 Å². The van der Waals surface area contributed by atoms with Crippen LogP contribution in [-0.2, 0) is 5.41 Å². The van der Waals surface area contributed by atoms with Crippen LogP contribution < -0.4 is 5.32 Å². The van der Waals surface area contributed by atoms with Crippen molar-refractivity contribution in [1.29, 1.82) is 5.26 Å². The zero-order valence-electron chi connectivity index (χ0n) is 11.6. The van der Waals surface area contributed by atoms with Crippen molar-refractivity contribution in [2.75, 3.05) is 11.9 Å². The van der Waals surface area contributed by atoms with Gasteiger partial charge in [0.15, 0.2) is 0 Å². The third-order valence-corrected chi connectivity index (χ3v) is 3.90. The lowest BCUT2D eigenvalue weighted by Crippen LogP contribution is -2.35. The fraction of sp³-hybridized carbons (Fsp3) is 0.562. The Morgan fingerprint density at radius 3 is 2.44 bits per heavy atom. The molecule has 0 bridgehead atoms.